The molecule has 0 saturated carbocycles. The standard InChI is InChI=1S/C31H43N3O4/c1-9-20(4)16-31(8,10-2)19-38-25-14-12-13-21-27(25)32-34-18-26(30(5,6)7)33-17-22(29(36)37-11-3)24(35)15-23(33)28(21)34/h12-15,17,20,26H,9-11,16,18-19H2,1-8H3. The smallest absolute Gasteiger partial charge is 0.343 e. The maximum Gasteiger partial charge on any atom is 0.343 e. The molecule has 4 rings (SSSR count). The molecule has 2 aromatic heterocycles. The van der Waals surface area contributed by atoms with E-state index in [-0.39, 0.29) is 34.5 Å². The molecule has 38 heavy (non-hydrogen) atoms. The number of rotatable bonds is 9. The maximum absolute atomic E-state index is 13.1. The van der Waals surface area contributed by atoms with E-state index in [2.05, 4.69) is 53.0 Å². The Kier molecular flexibility index (Phi) is 7.78. The van der Waals surface area contributed by atoms with Gasteiger partial charge in [-0.25, -0.2) is 4.79 Å². The van der Waals surface area contributed by atoms with Gasteiger partial charge < -0.3 is 14.0 Å². The van der Waals surface area contributed by atoms with Crippen molar-refractivity contribution in [2.45, 2.75) is 87.2 Å². The fraction of sp³-hybridized carbons (Fsp3) is 0.581. The Morgan fingerprint density at radius 2 is 1.92 bits per heavy atom. The second kappa shape index (κ2) is 10.6. The first kappa shape index (κ1) is 27.9. The number of pyridine rings is 1. The first-order valence-corrected chi connectivity index (χ1v) is 14.0. The molecule has 3 heterocycles. The number of nitrogens with zero attached hydrogens (tertiary/aromatic N) is 3. The van der Waals surface area contributed by atoms with Crippen LogP contribution in [0.15, 0.2) is 35.3 Å². The van der Waals surface area contributed by atoms with E-state index in [4.69, 9.17) is 14.6 Å². The summed E-state index contributed by atoms with van der Waals surface area (Å²) in [6, 6.07) is 7.55. The molecule has 1 aliphatic heterocycles. The van der Waals surface area contributed by atoms with Crippen molar-refractivity contribution in [3.63, 3.8) is 0 Å². The third-order valence-electron chi connectivity index (χ3n) is 8.20. The minimum absolute atomic E-state index is 0.0172. The molecule has 0 fully saturated rings. The van der Waals surface area contributed by atoms with Crippen LogP contribution >= 0.6 is 0 Å². The van der Waals surface area contributed by atoms with Crippen molar-refractivity contribution in [1.82, 2.24) is 14.3 Å². The number of fused-ring (bicyclic) bond motifs is 5. The van der Waals surface area contributed by atoms with Crippen LogP contribution in [0.25, 0.3) is 22.3 Å². The van der Waals surface area contributed by atoms with Crippen LogP contribution in [0.4, 0.5) is 0 Å². The van der Waals surface area contributed by atoms with Crippen LogP contribution in [-0.2, 0) is 11.3 Å². The van der Waals surface area contributed by atoms with Gasteiger partial charge in [-0.05, 0) is 37.2 Å². The highest BCUT2D eigenvalue weighted by Gasteiger charge is 2.36. The summed E-state index contributed by atoms with van der Waals surface area (Å²) in [5, 5.41) is 5.96. The summed E-state index contributed by atoms with van der Waals surface area (Å²) < 4.78 is 15.7. The molecule has 0 radical (unpaired) electrons. The number of ether oxygens (including phenoxy) is 2. The topological polar surface area (TPSA) is 75.3 Å². The SMILES string of the molecule is CCOC(=O)c1cn2c(cc1=O)-c1c3cccc(OCC(C)(CC)CC(C)CC)c3nn1CC2C(C)(C)C. The summed E-state index contributed by atoms with van der Waals surface area (Å²) in [6.07, 6.45) is 4.99. The minimum atomic E-state index is -0.587. The number of benzene rings is 1. The lowest BCUT2D eigenvalue weighted by molar-refractivity contribution is 0.0522. The zero-order valence-corrected chi connectivity index (χ0v) is 24.3. The van der Waals surface area contributed by atoms with Crippen molar-refractivity contribution in [3.8, 4) is 17.1 Å². The van der Waals surface area contributed by atoms with Gasteiger partial charge in [0.2, 0.25) is 0 Å². The zero-order chi connectivity index (χ0) is 27.8. The molecule has 3 unspecified atom stereocenters. The molecule has 0 N–H and O–H groups in total. The summed E-state index contributed by atoms with van der Waals surface area (Å²) in [5.74, 6) is 0.817. The minimum Gasteiger partial charge on any atom is -0.491 e. The van der Waals surface area contributed by atoms with Gasteiger partial charge >= 0.3 is 5.97 Å². The molecule has 1 aliphatic rings. The molecule has 0 amide bonds. The van der Waals surface area contributed by atoms with E-state index in [0.717, 1.165) is 47.3 Å². The molecule has 206 valence electrons. The monoisotopic (exact) mass is 521 g/mol. The van der Waals surface area contributed by atoms with E-state index < -0.39 is 5.97 Å². The number of esters is 1. The number of carbonyl (C=O) groups excluding carboxylic acids is 1. The van der Waals surface area contributed by atoms with Crippen LogP contribution in [0.3, 0.4) is 0 Å². The average Bonchev–Trinajstić information content (AvgIpc) is 3.25. The Labute approximate surface area is 226 Å². The van der Waals surface area contributed by atoms with Gasteiger partial charge in [-0.2, -0.15) is 5.10 Å². The lowest BCUT2D eigenvalue weighted by Crippen LogP contribution is -2.35. The quantitative estimate of drug-likeness (QED) is 0.287. The molecule has 3 atom stereocenters. The molecule has 1 aromatic carbocycles. The van der Waals surface area contributed by atoms with Gasteiger partial charge in [-0.1, -0.05) is 67.0 Å². The Bertz CT molecular complexity index is 1380. The molecule has 7 heteroatoms. The van der Waals surface area contributed by atoms with Gasteiger partial charge in [0.15, 0.2) is 5.43 Å². The van der Waals surface area contributed by atoms with Crippen molar-refractivity contribution in [2.24, 2.45) is 16.7 Å². The van der Waals surface area contributed by atoms with Crippen LogP contribution in [0.5, 0.6) is 5.75 Å². The van der Waals surface area contributed by atoms with Crippen LogP contribution in [-0.4, -0.2) is 33.5 Å². The molecule has 3 aromatic rings. The molecule has 0 saturated heterocycles. The number of hydrogen-bond acceptors (Lipinski definition) is 5. The predicted molar refractivity (Wildman–Crippen MR) is 152 cm³/mol. The van der Waals surface area contributed by atoms with Gasteiger partial charge in [0, 0.05) is 23.1 Å². The summed E-state index contributed by atoms with van der Waals surface area (Å²) in [7, 11) is 0. The Balaban J connectivity index is 1.81. The highest BCUT2D eigenvalue weighted by Crippen LogP contribution is 2.43. The lowest BCUT2D eigenvalue weighted by Gasteiger charge is -2.38. The predicted octanol–water partition coefficient (Wildman–Crippen LogP) is 6.87. The van der Waals surface area contributed by atoms with Crippen molar-refractivity contribution in [2.75, 3.05) is 13.2 Å². The second-order valence-electron chi connectivity index (χ2n) is 12.3. The first-order chi connectivity index (χ1) is 17.9. The van der Waals surface area contributed by atoms with E-state index in [1.54, 1.807) is 19.2 Å². The third-order valence-corrected chi connectivity index (χ3v) is 8.20. The maximum atomic E-state index is 13.1. The number of carbonyl (C=O) groups is 1. The summed E-state index contributed by atoms with van der Waals surface area (Å²) in [6.45, 7) is 18.8. The summed E-state index contributed by atoms with van der Waals surface area (Å²) in [5.41, 5.74) is 2.07. The van der Waals surface area contributed by atoms with E-state index in [1.807, 2.05) is 22.9 Å². The van der Waals surface area contributed by atoms with E-state index in [9.17, 15) is 9.59 Å². The van der Waals surface area contributed by atoms with E-state index in [0.29, 0.717) is 19.1 Å². The fourth-order valence-electron chi connectivity index (χ4n) is 5.49. The normalized spacial score (nSPS) is 17.4. The van der Waals surface area contributed by atoms with Gasteiger partial charge in [-0.15, -0.1) is 0 Å². The van der Waals surface area contributed by atoms with Crippen molar-refractivity contribution < 1.29 is 14.3 Å². The van der Waals surface area contributed by atoms with Gasteiger partial charge in [0.05, 0.1) is 37.2 Å². The van der Waals surface area contributed by atoms with Crippen molar-refractivity contribution in [3.05, 3.63) is 46.2 Å². The molecule has 7 nitrogen and oxygen atoms in total. The van der Waals surface area contributed by atoms with Crippen LogP contribution in [0.2, 0.25) is 0 Å². The van der Waals surface area contributed by atoms with Gasteiger partial charge in [-0.3, -0.25) is 9.48 Å². The molecular weight excluding hydrogens is 478 g/mol. The third kappa shape index (κ3) is 5.25. The highest BCUT2D eigenvalue weighted by molar-refractivity contribution is 5.97. The van der Waals surface area contributed by atoms with Gasteiger partial charge in [0.1, 0.15) is 16.8 Å². The number of aromatic nitrogens is 3. The van der Waals surface area contributed by atoms with Crippen LogP contribution in [0, 0.1) is 16.7 Å². The Hall–Kier alpha value is -3.09. The fourth-order valence-corrected chi connectivity index (χ4v) is 5.49. The summed E-state index contributed by atoms with van der Waals surface area (Å²) in [4.78, 5) is 25.6. The van der Waals surface area contributed by atoms with Gasteiger partial charge in [0.25, 0.3) is 0 Å². The highest BCUT2D eigenvalue weighted by atomic mass is 16.5. The molecule has 0 aliphatic carbocycles. The van der Waals surface area contributed by atoms with E-state index in [1.165, 1.54) is 0 Å². The molecule has 0 spiro atoms. The second-order valence-corrected chi connectivity index (χ2v) is 12.3. The van der Waals surface area contributed by atoms with Crippen LogP contribution < -0.4 is 10.2 Å². The molecular formula is C31H43N3O4. The first-order valence-electron chi connectivity index (χ1n) is 14.0. The lowest BCUT2D eigenvalue weighted by atomic mass is 9.79. The van der Waals surface area contributed by atoms with E-state index >= 15 is 0 Å². The molecule has 0 bridgehead atoms. The zero-order valence-electron chi connectivity index (χ0n) is 24.3. The van der Waals surface area contributed by atoms with Crippen molar-refractivity contribution in [1.29, 1.82) is 0 Å². The van der Waals surface area contributed by atoms with Crippen LogP contribution in [0.1, 0.15) is 91.1 Å². The number of hydrogen-bond donors (Lipinski definition) is 0. The van der Waals surface area contributed by atoms with Crippen molar-refractivity contribution >= 4 is 16.9 Å². The largest absolute Gasteiger partial charge is 0.491 e. The average molecular weight is 522 g/mol. The Morgan fingerprint density at radius 3 is 2.55 bits per heavy atom. The Morgan fingerprint density at radius 1 is 1.18 bits per heavy atom. The summed E-state index contributed by atoms with van der Waals surface area (Å²) >= 11 is 0.